The lowest BCUT2D eigenvalue weighted by Crippen LogP contribution is -2.52. The van der Waals surface area contributed by atoms with Gasteiger partial charge in [0.15, 0.2) is 0 Å². The number of carbonyl (C=O) groups is 1. The van der Waals surface area contributed by atoms with Gasteiger partial charge in [-0.15, -0.1) is 11.3 Å². The minimum atomic E-state index is -0.134. The summed E-state index contributed by atoms with van der Waals surface area (Å²) in [7, 11) is 0. The number of nitrogens with zero attached hydrogens (tertiary/aromatic N) is 4. The van der Waals surface area contributed by atoms with Crippen molar-refractivity contribution in [1.82, 2.24) is 19.8 Å². The van der Waals surface area contributed by atoms with E-state index in [0.717, 1.165) is 54.6 Å². The van der Waals surface area contributed by atoms with Crippen LogP contribution in [0.4, 0.5) is 11.5 Å². The summed E-state index contributed by atoms with van der Waals surface area (Å²) >= 11 is 1.77. The molecule has 7 nitrogen and oxygen atoms in total. The molecule has 1 aliphatic heterocycles. The quantitative estimate of drug-likeness (QED) is 0.369. The van der Waals surface area contributed by atoms with Crippen LogP contribution >= 0.6 is 11.3 Å². The smallest absolute Gasteiger partial charge is 0.138 e. The molecule has 4 aromatic rings. The van der Waals surface area contributed by atoms with Gasteiger partial charge in [0.25, 0.3) is 0 Å². The monoisotopic (exact) mass is 432 g/mol. The largest absolute Gasteiger partial charge is 0.399 e. The Balaban J connectivity index is 1.27. The number of fused-ring (bicyclic) bond motifs is 2. The van der Waals surface area contributed by atoms with Crippen molar-refractivity contribution in [3.63, 3.8) is 0 Å². The minimum absolute atomic E-state index is 0.134. The Kier molecular flexibility index (Phi) is 5.27. The molecule has 0 bridgehead atoms. The lowest BCUT2D eigenvalue weighted by atomic mass is 10.1. The molecule has 5 rings (SSSR count). The van der Waals surface area contributed by atoms with Crippen molar-refractivity contribution in [2.45, 2.75) is 19.1 Å². The molecule has 1 atom stereocenters. The Morgan fingerprint density at radius 3 is 2.84 bits per heavy atom. The topological polar surface area (TPSA) is 101 Å². The summed E-state index contributed by atoms with van der Waals surface area (Å²) in [6.07, 6.45) is 2.55. The summed E-state index contributed by atoms with van der Waals surface area (Å²) in [5, 5.41) is 2.08. The fourth-order valence-electron chi connectivity index (χ4n) is 4.23. The molecule has 158 valence electrons. The van der Waals surface area contributed by atoms with Crippen molar-refractivity contribution in [2.24, 2.45) is 0 Å². The zero-order valence-electron chi connectivity index (χ0n) is 17.1. The van der Waals surface area contributed by atoms with Gasteiger partial charge in [-0.25, -0.2) is 9.97 Å². The average molecular weight is 433 g/mol. The highest BCUT2D eigenvalue weighted by molar-refractivity contribution is 7.19. The Morgan fingerprint density at radius 2 is 1.97 bits per heavy atom. The predicted octanol–water partition coefficient (Wildman–Crippen LogP) is 2.89. The van der Waals surface area contributed by atoms with Crippen LogP contribution in [0.5, 0.6) is 0 Å². The van der Waals surface area contributed by atoms with Crippen LogP contribution in [0.15, 0.2) is 48.8 Å². The van der Waals surface area contributed by atoms with Crippen LogP contribution in [0, 0.1) is 0 Å². The number of nitrogens with two attached hydrogens (primary N) is 2. The van der Waals surface area contributed by atoms with E-state index in [9.17, 15) is 4.79 Å². The molecule has 0 aliphatic carbocycles. The molecule has 0 spiro atoms. The number of anilines is 2. The third-order valence-electron chi connectivity index (χ3n) is 5.87. The summed E-state index contributed by atoms with van der Waals surface area (Å²) in [5.74, 6) is 0.486. The molecule has 8 heteroatoms. The van der Waals surface area contributed by atoms with Crippen LogP contribution in [-0.4, -0.2) is 51.7 Å². The summed E-state index contributed by atoms with van der Waals surface area (Å²) in [6, 6.07) is 14.2. The zero-order valence-corrected chi connectivity index (χ0v) is 17.9. The fraction of sp³-hybridized carbons (Fsp3) is 0.261. The van der Waals surface area contributed by atoms with Crippen molar-refractivity contribution in [3.8, 4) is 0 Å². The maximum Gasteiger partial charge on any atom is 0.138 e. The molecule has 1 aliphatic rings. The second-order valence-electron chi connectivity index (χ2n) is 8.03. The number of hydrogen-bond donors (Lipinski definition) is 2. The first-order valence-corrected chi connectivity index (χ1v) is 11.1. The molecule has 0 amide bonds. The Hall–Kier alpha value is -3.07. The van der Waals surface area contributed by atoms with Crippen LogP contribution in [-0.2, 0) is 17.9 Å². The Morgan fingerprint density at radius 1 is 1.06 bits per heavy atom. The van der Waals surface area contributed by atoms with E-state index in [4.69, 9.17) is 11.5 Å². The van der Waals surface area contributed by atoms with Gasteiger partial charge in [-0.3, -0.25) is 9.80 Å². The summed E-state index contributed by atoms with van der Waals surface area (Å²) < 4.78 is 1.21. The van der Waals surface area contributed by atoms with Crippen molar-refractivity contribution >= 4 is 50.1 Å². The van der Waals surface area contributed by atoms with Gasteiger partial charge < -0.3 is 16.3 Å². The van der Waals surface area contributed by atoms with Crippen molar-refractivity contribution in [2.75, 3.05) is 31.1 Å². The lowest BCUT2D eigenvalue weighted by molar-refractivity contribution is -0.115. The number of thiophene rings is 1. The van der Waals surface area contributed by atoms with Gasteiger partial charge >= 0.3 is 0 Å². The number of hydrogen-bond acceptors (Lipinski definition) is 8. The van der Waals surface area contributed by atoms with E-state index in [1.54, 1.807) is 11.3 Å². The van der Waals surface area contributed by atoms with E-state index in [0.29, 0.717) is 12.4 Å². The van der Waals surface area contributed by atoms with Crippen LogP contribution in [0.2, 0.25) is 0 Å². The van der Waals surface area contributed by atoms with E-state index in [1.807, 2.05) is 30.3 Å². The highest BCUT2D eigenvalue weighted by atomic mass is 32.1. The van der Waals surface area contributed by atoms with Crippen LogP contribution < -0.4 is 11.5 Å². The van der Waals surface area contributed by atoms with Crippen LogP contribution in [0.3, 0.4) is 0 Å². The molecule has 1 fully saturated rings. The van der Waals surface area contributed by atoms with E-state index in [2.05, 4.69) is 31.9 Å². The molecule has 0 radical (unpaired) electrons. The maximum absolute atomic E-state index is 11.9. The van der Waals surface area contributed by atoms with Crippen LogP contribution in [0.1, 0.15) is 10.4 Å². The number of carbonyl (C=O) groups excluding carboxylic acids is 1. The van der Waals surface area contributed by atoms with Crippen molar-refractivity contribution < 1.29 is 4.79 Å². The molecule has 3 heterocycles. The van der Waals surface area contributed by atoms with Crippen molar-refractivity contribution in [3.05, 3.63) is 59.2 Å². The normalized spacial score (nSPS) is 18.0. The van der Waals surface area contributed by atoms with E-state index in [-0.39, 0.29) is 6.04 Å². The third kappa shape index (κ3) is 4.10. The maximum atomic E-state index is 11.9. The molecule has 2 aromatic heterocycles. The molecule has 1 unspecified atom stereocenters. The number of nitrogen functional groups attached to an aromatic ring is 2. The fourth-order valence-corrected chi connectivity index (χ4v) is 5.39. The van der Waals surface area contributed by atoms with Gasteiger partial charge in [-0.2, -0.15) is 0 Å². The molecule has 4 N–H and O–H groups in total. The van der Waals surface area contributed by atoms with E-state index < -0.39 is 0 Å². The number of aldehydes is 1. The Bertz CT molecular complexity index is 1260. The molecule has 31 heavy (non-hydrogen) atoms. The second-order valence-corrected chi connectivity index (χ2v) is 9.20. The second kappa shape index (κ2) is 8.22. The molecular weight excluding hydrogens is 408 g/mol. The SMILES string of the molecule is Nc1ccc2cc(CN3CCN(Cc4ccc5c(N)ncnc5c4)C(C=O)C3)sc2c1. The summed E-state index contributed by atoms with van der Waals surface area (Å²) in [6.45, 7) is 4.04. The number of piperazine rings is 1. The van der Waals surface area contributed by atoms with Gasteiger partial charge in [0.1, 0.15) is 18.4 Å². The summed E-state index contributed by atoms with van der Waals surface area (Å²) in [5.41, 5.74) is 14.6. The van der Waals surface area contributed by atoms with E-state index >= 15 is 0 Å². The molecule has 0 saturated carbocycles. The minimum Gasteiger partial charge on any atom is -0.399 e. The first kappa shape index (κ1) is 19.9. The standard InChI is InChI=1S/C23H24N6OS/c24-17-3-2-16-8-19(31-22(16)9-17)12-28-5-6-29(18(11-28)13-30)10-15-1-4-20-21(7-15)26-14-27-23(20)25/h1-4,7-9,13-14,18H,5-6,10-12,24H2,(H2,25,26,27). The third-order valence-corrected chi connectivity index (χ3v) is 6.95. The predicted molar refractivity (Wildman–Crippen MR) is 126 cm³/mol. The highest BCUT2D eigenvalue weighted by Gasteiger charge is 2.27. The van der Waals surface area contributed by atoms with Gasteiger partial charge in [0, 0.05) is 53.4 Å². The molecular formula is C23H24N6OS. The summed E-state index contributed by atoms with van der Waals surface area (Å²) in [4.78, 5) is 26.1. The number of aromatic nitrogens is 2. The zero-order chi connectivity index (χ0) is 21.4. The van der Waals surface area contributed by atoms with Gasteiger partial charge in [0.05, 0.1) is 11.6 Å². The van der Waals surface area contributed by atoms with Gasteiger partial charge in [0.2, 0.25) is 0 Å². The van der Waals surface area contributed by atoms with Crippen LogP contribution in [0.25, 0.3) is 21.0 Å². The first-order chi connectivity index (χ1) is 15.1. The van der Waals surface area contributed by atoms with Gasteiger partial charge in [-0.05, 0) is 41.3 Å². The van der Waals surface area contributed by atoms with Crippen molar-refractivity contribution in [1.29, 1.82) is 0 Å². The molecule has 2 aromatic carbocycles. The van der Waals surface area contributed by atoms with E-state index in [1.165, 1.54) is 21.3 Å². The highest BCUT2D eigenvalue weighted by Crippen LogP contribution is 2.29. The number of benzene rings is 2. The first-order valence-electron chi connectivity index (χ1n) is 10.3. The van der Waals surface area contributed by atoms with Gasteiger partial charge in [-0.1, -0.05) is 12.1 Å². The lowest BCUT2D eigenvalue weighted by Gasteiger charge is -2.38. The average Bonchev–Trinajstić information content (AvgIpc) is 3.16. The Labute approximate surface area is 184 Å². The molecule has 1 saturated heterocycles. The number of rotatable bonds is 5.